The van der Waals surface area contributed by atoms with Crippen molar-refractivity contribution in [3.63, 3.8) is 0 Å². The molecular weight excluding hydrogens is 320 g/mol. The smallest absolute Gasteiger partial charge is 0.245 e. The lowest BCUT2D eigenvalue weighted by Crippen LogP contribution is -2.37. The average Bonchev–Trinajstić information content (AvgIpc) is 3.08. The molecule has 0 spiro atoms. The van der Waals surface area contributed by atoms with Crippen molar-refractivity contribution in [1.82, 2.24) is 20.3 Å². The van der Waals surface area contributed by atoms with E-state index >= 15 is 0 Å². The number of nitrogens with one attached hydrogen (secondary N) is 1. The molecule has 3 heterocycles. The first-order valence-corrected chi connectivity index (χ1v) is 8.58. The number of fused-ring (bicyclic) bond motifs is 1. The Hall–Kier alpha value is -2.48. The molecule has 8 heteroatoms. The maximum absolute atomic E-state index is 10.7. The summed E-state index contributed by atoms with van der Waals surface area (Å²) in [6.07, 6.45) is 7.76. The quantitative estimate of drug-likeness (QED) is 0.704. The van der Waals surface area contributed by atoms with Crippen LogP contribution in [0.25, 0.3) is 11.3 Å². The first kappa shape index (κ1) is 17.3. The highest BCUT2D eigenvalue weighted by molar-refractivity contribution is 5.74. The molecule has 1 aliphatic heterocycles. The number of piperidine rings is 1. The molecule has 0 radical (unpaired) electrons. The van der Waals surface area contributed by atoms with Crippen molar-refractivity contribution in [3.05, 3.63) is 25.3 Å². The van der Waals surface area contributed by atoms with Gasteiger partial charge in [0.2, 0.25) is 11.3 Å². The summed E-state index contributed by atoms with van der Waals surface area (Å²) in [4.78, 5) is 11.2. The minimum absolute atomic E-state index is 0.303. The van der Waals surface area contributed by atoms with Crippen LogP contribution >= 0.6 is 0 Å². The van der Waals surface area contributed by atoms with Gasteiger partial charge in [-0.3, -0.25) is 0 Å². The molecular formula is C17H24N6O2. The molecule has 25 heavy (non-hydrogen) atoms. The molecule has 0 bridgehead atoms. The molecule has 2 N–H and O–H groups in total. The number of rotatable bonds is 8. The Bertz CT molecular complexity index is 728. The summed E-state index contributed by atoms with van der Waals surface area (Å²) in [5.74, 6) is 1.30. The zero-order valence-electron chi connectivity index (χ0n) is 14.3. The van der Waals surface area contributed by atoms with Gasteiger partial charge in [-0.15, -0.1) is 13.2 Å². The predicted molar refractivity (Wildman–Crippen MR) is 96.5 cm³/mol. The maximum atomic E-state index is 10.7. The Morgan fingerprint density at radius 3 is 2.36 bits per heavy atom. The van der Waals surface area contributed by atoms with Crippen molar-refractivity contribution in [3.8, 4) is 0 Å². The van der Waals surface area contributed by atoms with E-state index in [1.807, 2.05) is 0 Å². The van der Waals surface area contributed by atoms with Gasteiger partial charge in [-0.1, -0.05) is 12.2 Å². The second kappa shape index (κ2) is 7.60. The molecule has 0 aromatic carbocycles. The standard InChI is InChI=1S/C17H24N6O2/c1-3-8-17(24,9-4-2)12-18-15-16(23-10-6-5-7-11-23)20-14-13(19-15)21-25-22-14/h3-4,24H,1-2,5-12H2,(H,18,19,21). The number of aliphatic hydroxyl groups is 1. The highest BCUT2D eigenvalue weighted by Gasteiger charge is 2.26. The highest BCUT2D eigenvalue weighted by Crippen LogP contribution is 2.27. The predicted octanol–water partition coefficient (Wildman–Crippen LogP) is 2.30. The van der Waals surface area contributed by atoms with Crippen LogP contribution in [0.3, 0.4) is 0 Å². The van der Waals surface area contributed by atoms with Crippen LogP contribution in [0.15, 0.2) is 29.9 Å². The summed E-state index contributed by atoms with van der Waals surface area (Å²) in [6.45, 7) is 9.58. The van der Waals surface area contributed by atoms with Gasteiger partial charge >= 0.3 is 0 Å². The fourth-order valence-electron chi connectivity index (χ4n) is 3.09. The van der Waals surface area contributed by atoms with Gasteiger partial charge in [-0.2, -0.15) is 0 Å². The van der Waals surface area contributed by atoms with Crippen molar-refractivity contribution in [2.24, 2.45) is 0 Å². The van der Waals surface area contributed by atoms with E-state index < -0.39 is 5.60 Å². The first-order valence-electron chi connectivity index (χ1n) is 8.58. The molecule has 0 saturated carbocycles. The average molecular weight is 344 g/mol. The summed E-state index contributed by atoms with van der Waals surface area (Å²) in [7, 11) is 0. The van der Waals surface area contributed by atoms with Crippen molar-refractivity contribution in [2.45, 2.75) is 37.7 Å². The van der Waals surface area contributed by atoms with Crippen LogP contribution in [0.5, 0.6) is 0 Å². The molecule has 0 aliphatic carbocycles. The summed E-state index contributed by atoms with van der Waals surface area (Å²) < 4.78 is 4.74. The zero-order valence-corrected chi connectivity index (χ0v) is 14.3. The molecule has 8 nitrogen and oxygen atoms in total. The van der Waals surface area contributed by atoms with Crippen LogP contribution in [-0.2, 0) is 0 Å². The molecule has 0 amide bonds. The van der Waals surface area contributed by atoms with Crippen LogP contribution in [-0.4, -0.2) is 50.6 Å². The van der Waals surface area contributed by atoms with Crippen LogP contribution in [0, 0.1) is 0 Å². The minimum Gasteiger partial charge on any atom is -0.387 e. The zero-order chi connectivity index (χ0) is 17.7. The van der Waals surface area contributed by atoms with Crippen molar-refractivity contribution >= 4 is 22.9 Å². The van der Waals surface area contributed by atoms with Crippen molar-refractivity contribution in [1.29, 1.82) is 0 Å². The second-order valence-corrected chi connectivity index (χ2v) is 6.42. The normalized spacial score (nSPS) is 15.3. The lowest BCUT2D eigenvalue weighted by Gasteiger charge is -2.30. The fraction of sp³-hybridized carbons (Fsp3) is 0.529. The number of hydrogen-bond acceptors (Lipinski definition) is 8. The molecule has 1 saturated heterocycles. The van der Waals surface area contributed by atoms with E-state index in [0.29, 0.717) is 36.5 Å². The maximum Gasteiger partial charge on any atom is 0.245 e. The Labute approximate surface area is 146 Å². The van der Waals surface area contributed by atoms with E-state index in [9.17, 15) is 5.11 Å². The summed E-state index contributed by atoms with van der Waals surface area (Å²) in [6, 6.07) is 0. The van der Waals surface area contributed by atoms with Gasteiger partial charge in [0.25, 0.3) is 0 Å². The van der Waals surface area contributed by atoms with Crippen LogP contribution in [0.1, 0.15) is 32.1 Å². The molecule has 0 atom stereocenters. The van der Waals surface area contributed by atoms with Crippen LogP contribution < -0.4 is 10.2 Å². The van der Waals surface area contributed by atoms with Crippen molar-refractivity contribution < 1.29 is 9.74 Å². The third-order valence-electron chi connectivity index (χ3n) is 4.38. The largest absolute Gasteiger partial charge is 0.387 e. The topological polar surface area (TPSA) is 100 Å². The van der Waals surface area contributed by atoms with E-state index in [4.69, 9.17) is 4.63 Å². The molecule has 1 fully saturated rings. The highest BCUT2D eigenvalue weighted by atomic mass is 16.6. The van der Waals surface area contributed by atoms with E-state index in [1.54, 1.807) is 12.2 Å². The molecule has 0 unspecified atom stereocenters. The SMILES string of the molecule is C=CCC(O)(CC=C)CNc1nc2nonc2nc1N1CCCCC1. The minimum atomic E-state index is -0.971. The van der Waals surface area contributed by atoms with Crippen LogP contribution in [0.4, 0.5) is 11.6 Å². The Balaban J connectivity index is 1.87. The second-order valence-electron chi connectivity index (χ2n) is 6.42. The molecule has 2 aromatic rings. The third kappa shape index (κ3) is 3.96. The van der Waals surface area contributed by atoms with E-state index in [2.05, 4.69) is 43.7 Å². The van der Waals surface area contributed by atoms with E-state index in [0.717, 1.165) is 31.7 Å². The lowest BCUT2D eigenvalue weighted by atomic mass is 9.95. The van der Waals surface area contributed by atoms with Gasteiger partial charge in [-0.25, -0.2) is 14.6 Å². The lowest BCUT2D eigenvalue weighted by molar-refractivity contribution is 0.0599. The Morgan fingerprint density at radius 2 is 1.72 bits per heavy atom. The van der Waals surface area contributed by atoms with Gasteiger partial charge < -0.3 is 15.3 Å². The monoisotopic (exact) mass is 344 g/mol. The fourth-order valence-corrected chi connectivity index (χ4v) is 3.09. The molecule has 3 rings (SSSR count). The van der Waals surface area contributed by atoms with Gasteiger partial charge in [0.15, 0.2) is 11.6 Å². The molecule has 134 valence electrons. The van der Waals surface area contributed by atoms with Gasteiger partial charge in [0, 0.05) is 19.6 Å². The number of aromatic nitrogens is 4. The summed E-state index contributed by atoms with van der Waals surface area (Å²) in [5.41, 5.74) is -0.237. The van der Waals surface area contributed by atoms with Gasteiger partial charge in [0.1, 0.15) is 0 Å². The number of hydrogen-bond donors (Lipinski definition) is 2. The molecule has 2 aromatic heterocycles. The number of anilines is 2. The summed E-state index contributed by atoms with van der Waals surface area (Å²) >= 11 is 0. The Morgan fingerprint density at radius 1 is 1.08 bits per heavy atom. The van der Waals surface area contributed by atoms with Crippen LogP contribution in [0.2, 0.25) is 0 Å². The van der Waals surface area contributed by atoms with Gasteiger partial charge in [-0.05, 0) is 42.4 Å². The van der Waals surface area contributed by atoms with E-state index in [-0.39, 0.29) is 0 Å². The third-order valence-corrected chi connectivity index (χ3v) is 4.38. The van der Waals surface area contributed by atoms with Crippen molar-refractivity contribution in [2.75, 3.05) is 29.9 Å². The first-order chi connectivity index (χ1) is 12.1. The Kier molecular flexibility index (Phi) is 5.28. The van der Waals surface area contributed by atoms with Gasteiger partial charge in [0.05, 0.1) is 5.60 Å². The number of nitrogens with zero attached hydrogens (tertiary/aromatic N) is 5. The van der Waals surface area contributed by atoms with E-state index in [1.165, 1.54) is 6.42 Å². The summed E-state index contributed by atoms with van der Waals surface area (Å²) in [5, 5.41) is 21.5. The molecule has 1 aliphatic rings.